The minimum Gasteiger partial charge on any atom is -0.494 e. The van der Waals surface area contributed by atoms with E-state index in [1.54, 1.807) is 0 Å². The molecular formula is C19H30O2. The largest absolute Gasteiger partial charge is 0.494 e. The molecule has 1 saturated heterocycles. The standard InChI is InChI=1S/C19H30O2/c1-3-4-5-6-7-8-9-10-14-20-18-13-11-12-17(15-18)19(2)16-21-19/h11-13,15H,3-10,14,16H2,1-2H3. The third-order valence-electron chi connectivity index (χ3n) is 4.29. The Morgan fingerprint density at radius 3 is 2.38 bits per heavy atom. The van der Waals surface area contributed by atoms with Crippen LogP contribution in [0, 0.1) is 0 Å². The van der Waals surface area contributed by atoms with Gasteiger partial charge in [-0.05, 0) is 31.0 Å². The van der Waals surface area contributed by atoms with Crippen molar-refractivity contribution in [1.82, 2.24) is 0 Å². The highest BCUT2D eigenvalue weighted by Crippen LogP contribution is 2.38. The third-order valence-corrected chi connectivity index (χ3v) is 4.29. The van der Waals surface area contributed by atoms with Crippen molar-refractivity contribution in [2.45, 2.75) is 70.8 Å². The second-order valence-electron chi connectivity index (χ2n) is 6.37. The molecule has 1 aromatic rings. The van der Waals surface area contributed by atoms with E-state index in [0.29, 0.717) is 0 Å². The van der Waals surface area contributed by atoms with E-state index in [1.807, 2.05) is 6.07 Å². The SMILES string of the molecule is CCCCCCCCCCOc1cccc(C2(C)CO2)c1. The van der Waals surface area contributed by atoms with Crippen LogP contribution >= 0.6 is 0 Å². The molecule has 0 saturated carbocycles. The molecule has 1 aliphatic heterocycles. The Balaban J connectivity index is 1.55. The summed E-state index contributed by atoms with van der Waals surface area (Å²) >= 11 is 0. The molecule has 1 fully saturated rings. The molecule has 1 aromatic carbocycles. The fraction of sp³-hybridized carbons (Fsp3) is 0.684. The van der Waals surface area contributed by atoms with Crippen LogP contribution in [0.3, 0.4) is 0 Å². The number of hydrogen-bond donors (Lipinski definition) is 0. The molecule has 0 amide bonds. The molecule has 1 atom stereocenters. The summed E-state index contributed by atoms with van der Waals surface area (Å²) in [7, 11) is 0. The molecule has 2 rings (SSSR count). The van der Waals surface area contributed by atoms with E-state index in [1.165, 1.54) is 50.5 Å². The summed E-state index contributed by atoms with van der Waals surface area (Å²) in [5, 5.41) is 0. The molecule has 0 aliphatic carbocycles. The van der Waals surface area contributed by atoms with Gasteiger partial charge in [0.15, 0.2) is 0 Å². The molecule has 21 heavy (non-hydrogen) atoms. The van der Waals surface area contributed by atoms with E-state index < -0.39 is 0 Å². The van der Waals surface area contributed by atoms with Gasteiger partial charge in [-0.2, -0.15) is 0 Å². The van der Waals surface area contributed by atoms with Gasteiger partial charge in [-0.15, -0.1) is 0 Å². The van der Waals surface area contributed by atoms with Crippen LogP contribution in [-0.2, 0) is 10.3 Å². The third kappa shape index (κ3) is 5.70. The lowest BCUT2D eigenvalue weighted by Gasteiger charge is -2.10. The molecule has 0 N–H and O–H groups in total. The molecule has 1 aliphatic rings. The molecule has 0 bridgehead atoms. The van der Waals surface area contributed by atoms with Gasteiger partial charge in [0.2, 0.25) is 0 Å². The number of benzene rings is 1. The summed E-state index contributed by atoms with van der Waals surface area (Å²) in [5.41, 5.74) is 1.17. The maximum atomic E-state index is 5.86. The first kappa shape index (κ1) is 16.4. The van der Waals surface area contributed by atoms with Gasteiger partial charge in [-0.25, -0.2) is 0 Å². The van der Waals surface area contributed by atoms with Crippen molar-refractivity contribution in [1.29, 1.82) is 0 Å². The molecule has 2 nitrogen and oxygen atoms in total. The molecule has 0 spiro atoms. The fourth-order valence-electron chi connectivity index (χ4n) is 2.62. The first-order valence-corrected chi connectivity index (χ1v) is 8.62. The smallest absolute Gasteiger partial charge is 0.119 e. The predicted molar refractivity (Wildman–Crippen MR) is 87.9 cm³/mol. The van der Waals surface area contributed by atoms with Crippen LogP contribution in [-0.4, -0.2) is 13.2 Å². The number of epoxide rings is 1. The van der Waals surface area contributed by atoms with Gasteiger partial charge in [-0.1, -0.05) is 64.0 Å². The normalized spacial score (nSPS) is 20.5. The van der Waals surface area contributed by atoms with Crippen LogP contribution in [0.5, 0.6) is 5.75 Å². The Hall–Kier alpha value is -1.02. The Bertz CT molecular complexity index is 410. The quantitative estimate of drug-likeness (QED) is 0.399. The zero-order valence-electron chi connectivity index (χ0n) is 13.7. The number of unbranched alkanes of at least 4 members (excludes halogenated alkanes) is 7. The van der Waals surface area contributed by atoms with E-state index in [4.69, 9.17) is 9.47 Å². The van der Waals surface area contributed by atoms with Gasteiger partial charge in [0.25, 0.3) is 0 Å². The van der Waals surface area contributed by atoms with Crippen LogP contribution in [0.2, 0.25) is 0 Å². The maximum absolute atomic E-state index is 5.86. The molecule has 0 radical (unpaired) electrons. The van der Waals surface area contributed by atoms with Crippen LogP contribution < -0.4 is 4.74 Å². The highest BCUT2D eigenvalue weighted by atomic mass is 16.6. The zero-order chi connectivity index (χ0) is 15.0. The first-order chi connectivity index (χ1) is 10.2. The van der Waals surface area contributed by atoms with Crippen molar-refractivity contribution in [3.05, 3.63) is 29.8 Å². The van der Waals surface area contributed by atoms with Crippen molar-refractivity contribution in [2.24, 2.45) is 0 Å². The number of ether oxygens (including phenoxy) is 2. The van der Waals surface area contributed by atoms with Crippen LogP contribution in [0.25, 0.3) is 0 Å². The van der Waals surface area contributed by atoms with Crippen molar-refractivity contribution < 1.29 is 9.47 Å². The Morgan fingerprint density at radius 1 is 1.05 bits per heavy atom. The lowest BCUT2D eigenvalue weighted by atomic mass is 10.0. The predicted octanol–water partition coefficient (Wildman–Crippen LogP) is 5.45. The van der Waals surface area contributed by atoms with Crippen LogP contribution in [0.4, 0.5) is 0 Å². The molecule has 118 valence electrons. The topological polar surface area (TPSA) is 21.8 Å². The minimum atomic E-state index is -0.0577. The van der Waals surface area contributed by atoms with E-state index in [0.717, 1.165) is 25.4 Å². The summed E-state index contributed by atoms with van der Waals surface area (Å²) in [5.74, 6) is 0.979. The fourth-order valence-corrected chi connectivity index (χ4v) is 2.62. The van der Waals surface area contributed by atoms with Crippen molar-refractivity contribution >= 4 is 0 Å². The van der Waals surface area contributed by atoms with Gasteiger partial charge in [0.05, 0.1) is 13.2 Å². The van der Waals surface area contributed by atoms with Crippen molar-refractivity contribution in [3.63, 3.8) is 0 Å². The van der Waals surface area contributed by atoms with E-state index in [2.05, 4.69) is 32.0 Å². The maximum Gasteiger partial charge on any atom is 0.119 e. The highest BCUT2D eigenvalue weighted by molar-refractivity contribution is 5.34. The average molecular weight is 290 g/mol. The highest BCUT2D eigenvalue weighted by Gasteiger charge is 2.41. The van der Waals surface area contributed by atoms with Gasteiger partial charge in [0, 0.05) is 0 Å². The molecule has 1 heterocycles. The average Bonchev–Trinajstić information content (AvgIpc) is 3.25. The lowest BCUT2D eigenvalue weighted by Crippen LogP contribution is -2.03. The molecule has 1 unspecified atom stereocenters. The Labute approximate surface area is 129 Å². The van der Waals surface area contributed by atoms with Gasteiger partial charge in [-0.3, -0.25) is 0 Å². The number of rotatable bonds is 11. The van der Waals surface area contributed by atoms with E-state index in [-0.39, 0.29) is 5.60 Å². The van der Waals surface area contributed by atoms with E-state index in [9.17, 15) is 0 Å². The van der Waals surface area contributed by atoms with Gasteiger partial charge in [0.1, 0.15) is 11.4 Å². The molecule has 0 aromatic heterocycles. The summed E-state index contributed by atoms with van der Waals surface area (Å²) < 4.78 is 11.3. The molecular weight excluding hydrogens is 260 g/mol. The summed E-state index contributed by atoms with van der Waals surface area (Å²) in [4.78, 5) is 0. The summed E-state index contributed by atoms with van der Waals surface area (Å²) in [6.45, 7) is 6.05. The van der Waals surface area contributed by atoms with Crippen LogP contribution in [0.1, 0.15) is 70.8 Å². The Kier molecular flexibility index (Phi) is 6.56. The van der Waals surface area contributed by atoms with Crippen LogP contribution in [0.15, 0.2) is 24.3 Å². The number of hydrogen-bond acceptors (Lipinski definition) is 2. The first-order valence-electron chi connectivity index (χ1n) is 8.62. The summed E-state index contributed by atoms with van der Waals surface area (Å²) in [6.07, 6.45) is 10.7. The van der Waals surface area contributed by atoms with Gasteiger partial charge >= 0.3 is 0 Å². The Morgan fingerprint density at radius 2 is 1.71 bits per heavy atom. The lowest BCUT2D eigenvalue weighted by molar-refractivity contribution is 0.300. The molecule has 2 heteroatoms. The summed E-state index contributed by atoms with van der Waals surface area (Å²) in [6, 6.07) is 8.35. The van der Waals surface area contributed by atoms with Gasteiger partial charge < -0.3 is 9.47 Å². The second-order valence-corrected chi connectivity index (χ2v) is 6.37. The second kappa shape index (κ2) is 8.43. The monoisotopic (exact) mass is 290 g/mol. The zero-order valence-corrected chi connectivity index (χ0v) is 13.7. The van der Waals surface area contributed by atoms with Crippen molar-refractivity contribution in [2.75, 3.05) is 13.2 Å². The van der Waals surface area contributed by atoms with Crippen molar-refractivity contribution in [3.8, 4) is 5.75 Å². The van der Waals surface area contributed by atoms with E-state index >= 15 is 0 Å². The minimum absolute atomic E-state index is 0.0577.